The number of carbonyl (C=O) groups is 1. The number of ether oxygens (including phenoxy) is 1. The number of carboxylic acids is 1. The minimum Gasteiger partial charge on any atom is -0.480 e. The summed E-state index contributed by atoms with van der Waals surface area (Å²) >= 11 is 0. The number of hydrogen-bond donors (Lipinski definition) is 1. The Kier molecular flexibility index (Phi) is 8.08. The zero-order chi connectivity index (χ0) is 28.2. The van der Waals surface area contributed by atoms with Gasteiger partial charge in [-0.1, -0.05) is 62.7 Å². The molecule has 5 rings (SSSR count). The van der Waals surface area contributed by atoms with Gasteiger partial charge in [-0.05, 0) is 54.9 Å². The van der Waals surface area contributed by atoms with Crippen molar-refractivity contribution in [2.45, 2.75) is 70.4 Å². The van der Waals surface area contributed by atoms with E-state index in [0.29, 0.717) is 49.0 Å². The van der Waals surface area contributed by atoms with E-state index in [2.05, 4.69) is 30.0 Å². The van der Waals surface area contributed by atoms with Gasteiger partial charge in [-0.2, -0.15) is 15.3 Å². The summed E-state index contributed by atoms with van der Waals surface area (Å²) in [6, 6.07) is 17.8. The SMILES string of the molecule is CCCc1c(C(C)c2ccc(-c3ccccc3C#N)cc2)c(=O)n([C@H]2CC[C@H](OCC(=O)O)CC2)c2ncnn12. The summed E-state index contributed by atoms with van der Waals surface area (Å²) in [5.74, 6) is -0.622. The van der Waals surface area contributed by atoms with Crippen molar-refractivity contribution in [3.8, 4) is 17.2 Å². The molecule has 4 aromatic rings. The number of aryl methyl sites for hydroxylation is 1. The number of carboxylic acid groups (broad SMARTS) is 1. The highest BCUT2D eigenvalue weighted by atomic mass is 16.5. The van der Waals surface area contributed by atoms with Crippen LogP contribution in [0.1, 0.15) is 80.3 Å². The second-order valence-corrected chi connectivity index (χ2v) is 10.4. The summed E-state index contributed by atoms with van der Waals surface area (Å²) in [5, 5.41) is 23.0. The Morgan fingerprint density at radius 2 is 1.88 bits per heavy atom. The van der Waals surface area contributed by atoms with Gasteiger partial charge in [-0.25, -0.2) is 9.31 Å². The molecular formula is C31H33N5O4. The van der Waals surface area contributed by atoms with Crippen LogP contribution in [0.5, 0.6) is 0 Å². The Balaban J connectivity index is 1.52. The van der Waals surface area contributed by atoms with Crippen molar-refractivity contribution in [2.75, 3.05) is 6.61 Å². The monoisotopic (exact) mass is 539 g/mol. The fourth-order valence-corrected chi connectivity index (χ4v) is 5.90. The van der Waals surface area contributed by atoms with E-state index in [1.54, 1.807) is 4.57 Å². The molecule has 0 saturated heterocycles. The third-order valence-electron chi connectivity index (χ3n) is 7.90. The Bertz CT molecular complexity index is 1610. The molecule has 2 heterocycles. The fourth-order valence-electron chi connectivity index (χ4n) is 5.90. The molecule has 2 aromatic carbocycles. The maximum absolute atomic E-state index is 14.3. The third-order valence-corrected chi connectivity index (χ3v) is 7.90. The van der Waals surface area contributed by atoms with Gasteiger partial charge in [0, 0.05) is 17.5 Å². The highest BCUT2D eigenvalue weighted by Crippen LogP contribution is 2.33. The second-order valence-electron chi connectivity index (χ2n) is 10.4. The first-order valence-electron chi connectivity index (χ1n) is 13.8. The summed E-state index contributed by atoms with van der Waals surface area (Å²) in [4.78, 5) is 29.7. The van der Waals surface area contributed by atoms with Crippen molar-refractivity contribution in [2.24, 2.45) is 0 Å². The number of aliphatic carboxylic acids is 1. The second kappa shape index (κ2) is 11.8. The minimum absolute atomic E-state index is 0.0507. The van der Waals surface area contributed by atoms with E-state index in [4.69, 9.17) is 9.84 Å². The zero-order valence-electron chi connectivity index (χ0n) is 22.8. The van der Waals surface area contributed by atoms with Gasteiger partial charge in [0.2, 0.25) is 5.78 Å². The smallest absolute Gasteiger partial charge is 0.329 e. The Hall–Kier alpha value is -4.29. The van der Waals surface area contributed by atoms with Crippen LogP contribution in [0.3, 0.4) is 0 Å². The summed E-state index contributed by atoms with van der Waals surface area (Å²) in [6.07, 6.45) is 5.67. The molecule has 1 atom stereocenters. The molecule has 0 amide bonds. The maximum Gasteiger partial charge on any atom is 0.329 e. The quantitative estimate of drug-likeness (QED) is 0.313. The predicted octanol–water partition coefficient (Wildman–Crippen LogP) is 5.12. The molecule has 206 valence electrons. The van der Waals surface area contributed by atoms with Gasteiger partial charge >= 0.3 is 5.97 Å². The molecule has 9 nitrogen and oxygen atoms in total. The van der Waals surface area contributed by atoms with Crippen molar-refractivity contribution in [3.63, 3.8) is 0 Å². The third kappa shape index (κ3) is 5.27. The molecule has 0 spiro atoms. The number of rotatable bonds is 9. The Labute approximate surface area is 232 Å². The first-order chi connectivity index (χ1) is 19.4. The van der Waals surface area contributed by atoms with Crippen LogP contribution >= 0.6 is 0 Å². The van der Waals surface area contributed by atoms with Crippen molar-refractivity contribution in [1.29, 1.82) is 5.26 Å². The standard InChI is InChI=1S/C31H33N5O4/c1-3-6-27-29(20(2)21-9-11-22(12-10-21)26-8-5-4-7-23(26)17-32)30(39)35(31-33-19-34-36(27)31)24-13-15-25(16-14-24)40-18-28(37)38/h4-5,7-12,19-20,24-25H,3,6,13-16,18H2,1-2H3,(H,37,38)/t20?,24-,25-. The lowest BCUT2D eigenvalue weighted by molar-refractivity contribution is -0.145. The van der Waals surface area contributed by atoms with Crippen molar-refractivity contribution in [3.05, 3.63) is 87.6 Å². The number of hydrogen-bond acceptors (Lipinski definition) is 6. The highest BCUT2D eigenvalue weighted by molar-refractivity contribution is 5.70. The molecular weight excluding hydrogens is 506 g/mol. The van der Waals surface area contributed by atoms with Crippen LogP contribution in [-0.2, 0) is 16.0 Å². The number of fused-ring (bicyclic) bond motifs is 1. The largest absolute Gasteiger partial charge is 0.480 e. The predicted molar refractivity (Wildman–Crippen MR) is 150 cm³/mol. The average Bonchev–Trinajstić information content (AvgIpc) is 3.46. The molecule has 0 bridgehead atoms. The molecule has 1 N–H and O–H groups in total. The minimum atomic E-state index is -0.976. The molecule has 1 saturated carbocycles. The topological polar surface area (TPSA) is 123 Å². The van der Waals surface area contributed by atoms with Crippen LogP contribution in [0.15, 0.2) is 59.7 Å². The van der Waals surface area contributed by atoms with Gasteiger partial charge in [-0.3, -0.25) is 9.36 Å². The zero-order valence-corrected chi connectivity index (χ0v) is 22.8. The normalized spacial score (nSPS) is 17.9. The Morgan fingerprint density at radius 3 is 2.55 bits per heavy atom. The highest BCUT2D eigenvalue weighted by Gasteiger charge is 2.30. The van der Waals surface area contributed by atoms with Crippen LogP contribution in [0, 0.1) is 11.3 Å². The van der Waals surface area contributed by atoms with E-state index in [1.807, 2.05) is 53.0 Å². The molecule has 1 aliphatic carbocycles. The number of aromatic nitrogens is 4. The molecule has 1 unspecified atom stereocenters. The van der Waals surface area contributed by atoms with Crippen LogP contribution in [0.4, 0.5) is 0 Å². The first kappa shape index (κ1) is 27.3. The molecule has 9 heteroatoms. The van der Waals surface area contributed by atoms with Gasteiger partial charge in [0.05, 0.1) is 23.4 Å². The van der Waals surface area contributed by atoms with Crippen molar-refractivity contribution >= 4 is 11.7 Å². The van der Waals surface area contributed by atoms with E-state index in [0.717, 1.165) is 28.8 Å². The van der Waals surface area contributed by atoms with E-state index in [9.17, 15) is 14.9 Å². The van der Waals surface area contributed by atoms with Crippen LogP contribution in [0.2, 0.25) is 0 Å². The van der Waals surface area contributed by atoms with E-state index < -0.39 is 5.97 Å². The molecule has 1 aliphatic rings. The summed E-state index contributed by atoms with van der Waals surface area (Å²) in [5.41, 5.74) is 5.00. The molecule has 40 heavy (non-hydrogen) atoms. The van der Waals surface area contributed by atoms with Crippen LogP contribution in [-0.4, -0.2) is 43.0 Å². The van der Waals surface area contributed by atoms with Gasteiger partial charge in [0.1, 0.15) is 12.9 Å². The number of benzene rings is 2. The van der Waals surface area contributed by atoms with E-state index in [1.165, 1.54) is 6.33 Å². The molecule has 2 aromatic heterocycles. The Morgan fingerprint density at radius 1 is 1.15 bits per heavy atom. The van der Waals surface area contributed by atoms with Crippen molar-refractivity contribution in [1.82, 2.24) is 19.2 Å². The maximum atomic E-state index is 14.3. The van der Waals surface area contributed by atoms with Gasteiger partial charge in [0.25, 0.3) is 5.56 Å². The number of nitrogens with zero attached hydrogens (tertiary/aromatic N) is 5. The summed E-state index contributed by atoms with van der Waals surface area (Å²) < 4.78 is 9.14. The van der Waals surface area contributed by atoms with Crippen molar-refractivity contribution < 1.29 is 14.6 Å². The van der Waals surface area contributed by atoms with Crippen LogP contribution < -0.4 is 5.56 Å². The van der Waals surface area contributed by atoms with Gasteiger partial charge in [-0.15, -0.1) is 0 Å². The average molecular weight is 540 g/mol. The van der Waals surface area contributed by atoms with Gasteiger partial charge < -0.3 is 9.84 Å². The molecule has 0 radical (unpaired) electrons. The van der Waals surface area contributed by atoms with E-state index in [-0.39, 0.29) is 30.2 Å². The fraction of sp³-hybridized carbons (Fsp3) is 0.387. The van der Waals surface area contributed by atoms with Crippen LogP contribution in [0.25, 0.3) is 16.9 Å². The lowest BCUT2D eigenvalue weighted by atomic mass is 9.89. The lowest BCUT2D eigenvalue weighted by Gasteiger charge is -2.30. The van der Waals surface area contributed by atoms with E-state index >= 15 is 0 Å². The van der Waals surface area contributed by atoms with Gasteiger partial charge in [0.15, 0.2) is 0 Å². The summed E-state index contributed by atoms with van der Waals surface area (Å²) in [7, 11) is 0. The summed E-state index contributed by atoms with van der Waals surface area (Å²) in [6.45, 7) is 3.83. The first-order valence-corrected chi connectivity index (χ1v) is 13.8. The molecule has 0 aliphatic heterocycles. The molecule has 1 fully saturated rings. The lowest BCUT2D eigenvalue weighted by Crippen LogP contribution is -2.36. The number of nitriles is 1.